The molecule has 0 aliphatic heterocycles. The molecule has 2 aromatic rings. The fourth-order valence-corrected chi connectivity index (χ4v) is 2.23. The van der Waals surface area contributed by atoms with Crippen LogP contribution >= 0.6 is 0 Å². The van der Waals surface area contributed by atoms with Crippen LogP contribution in [0.1, 0.15) is 41.3 Å². The van der Waals surface area contributed by atoms with Crippen molar-refractivity contribution in [1.82, 2.24) is 0 Å². The predicted octanol–water partition coefficient (Wildman–Crippen LogP) is 3.95. The van der Waals surface area contributed by atoms with Gasteiger partial charge < -0.3 is 11.1 Å². The molecule has 0 saturated heterocycles. The van der Waals surface area contributed by atoms with Gasteiger partial charge in [-0.2, -0.15) is 0 Å². The van der Waals surface area contributed by atoms with E-state index in [0.29, 0.717) is 17.2 Å². The van der Waals surface area contributed by atoms with Crippen molar-refractivity contribution in [2.24, 2.45) is 0 Å². The molecule has 0 fully saturated rings. The lowest BCUT2D eigenvalue weighted by Crippen LogP contribution is -2.16. The van der Waals surface area contributed by atoms with Gasteiger partial charge in [0.25, 0.3) is 5.91 Å². The maximum atomic E-state index is 12.4. The molecule has 0 bridgehead atoms. The average molecular weight is 268 g/mol. The van der Waals surface area contributed by atoms with Crippen LogP contribution in [0.5, 0.6) is 0 Å². The summed E-state index contributed by atoms with van der Waals surface area (Å²) < 4.78 is 0. The van der Waals surface area contributed by atoms with Crippen molar-refractivity contribution in [3.8, 4) is 0 Å². The zero-order valence-electron chi connectivity index (χ0n) is 12.1. The van der Waals surface area contributed by atoms with Crippen molar-refractivity contribution in [2.75, 3.05) is 11.1 Å². The molecular weight excluding hydrogens is 248 g/mol. The first-order chi connectivity index (χ1) is 9.50. The minimum Gasteiger partial charge on any atom is -0.398 e. The number of anilines is 2. The summed E-state index contributed by atoms with van der Waals surface area (Å²) in [5.74, 6) is 0.178. The first-order valence-corrected chi connectivity index (χ1v) is 6.76. The number of hydrogen-bond acceptors (Lipinski definition) is 2. The molecule has 20 heavy (non-hydrogen) atoms. The highest BCUT2D eigenvalue weighted by Crippen LogP contribution is 2.28. The minimum atomic E-state index is -0.167. The van der Waals surface area contributed by atoms with Gasteiger partial charge in [-0.15, -0.1) is 0 Å². The summed E-state index contributed by atoms with van der Waals surface area (Å²) in [6.45, 7) is 6.22. The Kier molecular flexibility index (Phi) is 4.08. The van der Waals surface area contributed by atoms with E-state index in [1.807, 2.05) is 37.3 Å². The maximum absolute atomic E-state index is 12.4. The Morgan fingerprint density at radius 1 is 1.10 bits per heavy atom. The third-order valence-electron chi connectivity index (χ3n) is 3.37. The van der Waals surface area contributed by atoms with Crippen molar-refractivity contribution in [3.63, 3.8) is 0 Å². The SMILES string of the molecule is Cc1cccc(C(C)C)c1NC(=O)c1ccccc1N. The van der Waals surface area contributed by atoms with E-state index in [4.69, 9.17) is 5.73 Å². The van der Waals surface area contributed by atoms with E-state index in [2.05, 4.69) is 19.2 Å². The Morgan fingerprint density at radius 3 is 2.45 bits per heavy atom. The number of carbonyl (C=O) groups excluding carboxylic acids is 1. The lowest BCUT2D eigenvalue weighted by atomic mass is 9.98. The van der Waals surface area contributed by atoms with Crippen LogP contribution in [0.4, 0.5) is 11.4 Å². The fraction of sp³-hybridized carbons (Fsp3) is 0.235. The van der Waals surface area contributed by atoms with Crippen LogP contribution in [-0.2, 0) is 0 Å². The minimum absolute atomic E-state index is 0.167. The Balaban J connectivity index is 2.36. The van der Waals surface area contributed by atoms with Crippen LogP contribution in [0.15, 0.2) is 42.5 Å². The zero-order chi connectivity index (χ0) is 14.7. The van der Waals surface area contributed by atoms with Gasteiger partial charge in [0.2, 0.25) is 0 Å². The van der Waals surface area contributed by atoms with Gasteiger partial charge in [0.05, 0.1) is 5.56 Å². The summed E-state index contributed by atoms with van der Waals surface area (Å²) in [5, 5.41) is 3.00. The van der Waals surface area contributed by atoms with Crippen LogP contribution < -0.4 is 11.1 Å². The molecule has 3 heteroatoms. The number of carbonyl (C=O) groups is 1. The molecule has 0 heterocycles. The third kappa shape index (κ3) is 2.82. The molecule has 104 valence electrons. The smallest absolute Gasteiger partial charge is 0.257 e. The van der Waals surface area contributed by atoms with E-state index in [1.165, 1.54) is 0 Å². The lowest BCUT2D eigenvalue weighted by Gasteiger charge is -2.17. The van der Waals surface area contributed by atoms with Gasteiger partial charge in [-0.3, -0.25) is 4.79 Å². The first-order valence-electron chi connectivity index (χ1n) is 6.76. The van der Waals surface area contributed by atoms with Gasteiger partial charge >= 0.3 is 0 Å². The molecular formula is C17H20N2O. The molecule has 0 aromatic heterocycles. The summed E-state index contributed by atoms with van der Waals surface area (Å²) in [4.78, 5) is 12.4. The second kappa shape index (κ2) is 5.78. The van der Waals surface area contributed by atoms with Crippen molar-refractivity contribution < 1.29 is 4.79 Å². The number of amides is 1. The van der Waals surface area contributed by atoms with Gasteiger partial charge in [-0.25, -0.2) is 0 Å². The molecule has 0 saturated carbocycles. The maximum Gasteiger partial charge on any atom is 0.257 e. The number of aryl methyl sites for hydroxylation is 1. The fourth-order valence-electron chi connectivity index (χ4n) is 2.23. The highest BCUT2D eigenvalue weighted by Gasteiger charge is 2.14. The van der Waals surface area contributed by atoms with Crippen molar-refractivity contribution in [3.05, 3.63) is 59.2 Å². The molecule has 3 nitrogen and oxygen atoms in total. The molecule has 0 unspecified atom stereocenters. The van der Waals surface area contributed by atoms with Gasteiger partial charge in [-0.1, -0.05) is 44.2 Å². The number of rotatable bonds is 3. The molecule has 0 aliphatic carbocycles. The van der Waals surface area contributed by atoms with Crippen molar-refractivity contribution in [2.45, 2.75) is 26.7 Å². The van der Waals surface area contributed by atoms with Gasteiger partial charge in [0, 0.05) is 11.4 Å². The predicted molar refractivity (Wildman–Crippen MR) is 84.1 cm³/mol. The largest absolute Gasteiger partial charge is 0.398 e. The normalized spacial score (nSPS) is 10.6. The van der Waals surface area contributed by atoms with E-state index in [9.17, 15) is 4.79 Å². The summed E-state index contributed by atoms with van der Waals surface area (Å²) in [7, 11) is 0. The second-order valence-electron chi connectivity index (χ2n) is 5.24. The van der Waals surface area contributed by atoms with Crippen LogP contribution in [0.3, 0.4) is 0 Å². The van der Waals surface area contributed by atoms with Crippen LogP contribution in [0.2, 0.25) is 0 Å². The number of nitrogens with two attached hydrogens (primary N) is 1. The first kappa shape index (κ1) is 14.1. The summed E-state index contributed by atoms with van der Waals surface area (Å²) in [6.07, 6.45) is 0. The molecule has 0 radical (unpaired) electrons. The number of benzene rings is 2. The Labute approximate surface area is 119 Å². The number of para-hydroxylation sites is 2. The van der Waals surface area contributed by atoms with Gasteiger partial charge in [0.15, 0.2) is 0 Å². The van der Waals surface area contributed by atoms with Crippen LogP contribution in [0.25, 0.3) is 0 Å². The van der Waals surface area contributed by atoms with Crippen LogP contribution in [0, 0.1) is 6.92 Å². The molecule has 0 aliphatic rings. The number of nitrogens with one attached hydrogen (secondary N) is 1. The highest BCUT2D eigenvalue weighted by molar-refractivity contribution is 6.08. The van der Waals surface area contributed by atoms with E-state index < -0.39 is 0 Å². The summed E-state index contributed by atoms with van der Waals surface area (Å²) >= 11 is 0. The zero-order valence-corrected chi connectivity index (χ0v) is 12.1. The Hall–Kier alpha value is -2.29. The molecule has 3 N–H and O–H groups in total. The quantitative estimate of drug-likeness (QED) is 0.828. The van der Waals surface area contributed by atoms with E-state index >= 15 is 0 Å². The second-order valence-corrected chi connectivity index (χ2v) is 5.24. The third-order valence-corrected chi connectivity index (χ3v) is 3.37. The molecule has 2 aromatic carbocycles. The topological polar surface area (TPSA) is 55.1 Å². The van der Waals surface area contributed by atoms with Crippen molar-refractivity contribution >= 4 is 17.3 Å². The summed E-state index contributed by atoms with van der Waals surface area (Å²) in [6, 6.07) is 13.1. The highest BCUT2D eigenvalue weighted by atomic mass is 16.1. The number of nitrogen functional groups attached to an aromatic ring is 1. The summed E-state index contributed by atoms with van der Waals surface area (Å²) in [5.41, 5.74) is 9.92. The standard InChI is InChI=1S/C17H20N2O/c1-11(2)13-9-6-7-12(3)16(13)19-17(20)14-8-4-5-10-15(14)18/h4-11H,18H2,1-3H3,(H,19,20). The Bertz CT molecular complexity index is 633. The monoisotopic (exact) mass is 268 g/mol. The van der Waals surface area contributed by atoms with E-state index in [1.54, 1.807) is 12.1 Å². The van der Waals surface area contributed by atoms with Crippen LogP contribution in [-0.4, -0.2) is 5.91 Å². The van der Waals surface area contributed by atoms with Gasteiger partial charge in [0.1, 0.15) is 0 Å². The molecule has 1 amide bonds. The Morgan fingerprint density at radius 2 is 1.80 bits per heavy atom. The van der Waals surface area contributed by atoms with Crippen molar-refractivity contribution in [1.29, 1.82) is 0 Å². The number of hydrogen-bond donors (Lipinski definition) is 2. The molecule has 0 atom stereocenters. The van der Waals surface area contributed by atoms with E-state index in [-0.39, 0.29) is 5.91 Å². The molecule has 0 spiro atoms. The van der Waals surface area contributed by atoms with Gasteiger partial charge in [-0.05, 0) is 36.1 Å². The lowest BCUT2D eigenvalue weighted by molar-refractivity contribution is 0.102. The average Bonchev–Trinajstić information content (AvgIpc) is 2.41. The van der Waals surface area contributed by atoms with E-state index in [0.717, 1.165) is 16.8 Å². The molecule has 2 rings (SSSR count).